The number of amides is 2. The molecule has 2 amide bonds. The first-order chi connectivity index (χ1) is 14.8. The topological polar surface area (TPSA) is 71.5 Å². The van der Waals surface area contributed by atoms with Gasteiger partial charge in [0.05, 0.1) is 12.2 Å². The first kappa shape index (κ1) is 21.7. The lowest BCUT2D eigenvalue weighted by atomic mass is 9.92. The molecule has 1 saturated carbocycles. The molecule has 1 aliphatic carbocycles. The summed E-state index contributed by atoms with van der Waals surface area (Å²) in [5.74, 6) is 0.205. The number of nitrogens with one attached hydrogen (secondary N) is 1. The maximum atomic E-state index is 12.7. The summed E-state index contributed by atoms with van der Waals surface area (Å²) in [5, 5.41) is 5.32. The third kappa shape index (κ3) is 5.20. The first-order valence-corrected chi connectivity index (χ1v) is 11.3. The van der Waals surface area contributed by atoms with Gasteiger partial charge in [0, 0.05) is 30.2 Å². The fourth-order valence-electron chi connectivity index (χ4n) is 3.87. The minimum Gasteiger partial charge on any atom is -0.435 e. The van der Waals surface area contributed by atoms with Crippen LogP contribution in [-0.2, 0) is 9.59 Å². The fourth-order valence-corrected chi connectivity index (χ4v) is 4.67. The lowest BCUT2D eigenvalue weighted by Gasteiger charge is -2.18. The summed E-state index contributed by atoms with van der Waals surface area (Å²) in [4.78, 5) is 30.9. The highest BCUT2D eigenvalue weighted by Crippen LogP contribution is 2.41. The van der Waals surface area contributed by atoms with Gasteiger partial charge in [-0.15, -0.1) is 11.3 Å². The van der Waals surface area contributed by atoms with Crippen LogP contribution in [0.1, 0.15) is 67.7 Å². The summed E-state index contributed by atoms with van der Waals surface area (Å²) in [5.41, 5.74) is 2.59. The van der Waals surface area contributed by atoms with Crippen LogP contribution < -0.4 is 10.1 Å². The molecular weight excluding hydrogens is 424 g/mol. The van der Waals surface area contributed by atoms with Crippen LogP contribution in [-0.4, -0.2) is 41.4 Å². The minimum atomic E-state index is -2.89. The maximum absolute atomic E-state index is 12.7. The van der Waals surface area contributed by atoms with E-state index in [0.29, 0.717) is 23.2 Å². The van der Waals surface area contributed by atoms with Gasteiger partial charge in [0.25, 0.3) is 0 Å². The van der Waals surface area contributed by atoms with E-state index in [1.165, 1.54) is 22.3 Å². The Kier molecular flexibility index (Phi) is 6.22. The van der Waals surface area contributed by atoms with E-state index in [2.05, 4.69) is 15.0 Å². The molecule has 2 aromatic rings. The number of alkyl halides is 2. The van der Waals surface area contributed by atoms with Gasteiger partial charge in [0.2, 0.25) is 11.8 Å². The van der Waals surface area contributed by atoms with Crippen molar-refractivity contribution >= 4 is 28.3 Å². The number of carbonyl (C=O) groups excluding carboxylic acids is 2. The van der Waals surface area contributed by atoms with Crippen LogP contribution in [0.15, 0.2) is 23.6 Å². The van der Waals surface area contributed by atoms with E-state index in [1.807, 2.05) is 25.3 Å². The lowest BCUT2D eigenvalue weighted by molar-refractivity contribution is -0.131. The van der Waals surface area contributed by atoms with Crippen LogP contribution in [0.5, 0.6) is 5.75 Å². The van der Waals surface area contributed by atoms with Crippen molar-refractivity contribution in [2.75, 3.05) is 18.4 Å². The van der Waals surface area contributed by atoms with E-state index >= 15 is 0 Å². The quantitative estimate of drug-likeness (QED) is 0.634. The standard InChI is InChI=1S/C22H25F2N3O3S/c1-12(2)16-7-14(5-6-18(16)30-21(23)24)15-8-20(29)27(9-15)10-19(28)26-22-25-17(11-31-22)13-3-4-13/h5-7,11-13,15,21H,3-4,8-10H2,1-2H3,(H,25,26,28)/t15-/m1/s1. The molecule has 2 aliphatic rings. The van der Waals surface area contributed by atoms with E-state index in [4.69, 9.17) is 0 Å². The molecule has 0 radical (unpaired) electrons. The molecule has 9 heteroatoms. The highest BCUT2D eigenvalue weighted by atomic mass is 32.1. The van der Waals surface area contributed by atoms with Gasteiger partial charge in [0.15, 0.2) is 5.13 Å². The molecule has 6 nitrogen and oxygen atoms in total. The number of ether oxygens (including phenoxy) is 1. The van der Waals surface area contributed by atoms with Crippen LogP contribution in [0.3, 0.4) is 0 Å². The minimum absolute atomic E-state index is 0.00786. The Morgan fingerprint density at radius 2 is 2.10 bits per heavy atom. The summed E-state index contributed by atoms with van der Waals surface area (Å²) >= 11 is 1.40. The average Bonchev–Trinajstić information content (AvgIpc) is 3.35. The number of aromatic nitrogens is 1. The SMILES string of the molecule is CC(C)c1cc([C@@H]2CC(=O)N(CC(=O)Nc3nc(C4CC4)cs3)C2)ccc1OC(F)F. The highest BCUT2D eigenvalue weighted by molar-refractivity contribution is 7.13. The largest absolute Gasteiger partial charge is 0.435 e. The summed E-state index contributed by atoms with van der Waals surface area (Å²) in [6.07, 6.45) is 2.58. The summed E-state index contributed by atoms with van der Waals surface area (Å²) in [7, 11) is 0. The monoisotopic (exact) mass is 449 g/mol. The van der Waals surface area contributed by atoms with Crippen molar-refractivity contribution in [3.63, 3.8) is 0 Å². The van der Waals surface area contributed by atoms with Crippen molar-refractivity contribution < 1.29 is 23.1 Å². The summed E-state index contributed by atoms with van der Waals surface area (Å²) in [6, 6.07) is 5.09. The number of nitrogens with zero attached hydrogens (tertiary/aromatic N) is 2. The second-order valence-corrected chi connectivity index (χ2v) is 9.26. The van der Waals surface area contributed by atoms with Gasteiger partial charge in [-0.2, -0.15) is 8.78 Å². The fraction of sp³-hybridized carbons (Fsp3) is 0.500. The molecule has 1 saturated heterocycles. The number of anilines is 1. The number of carbonyl (C=O) groups is 2. The Morgan fingerprint density at radius 3 is 2.77 bits per heavy atom. The zero-order chi connectivity index (χ0) is 22.1. The molecule has 1 N–H and O–H groups in total. The van der Waals surface area contributed by atoms with Crippen LogP contribution in [0.2, 0.25) is 0 Å². The Bertz CT molecular complexity index is 975. The number of thiazole rings is 1. The van der Waals surface area contributed by atoms with Crippen molar-refractivity contribution in [3.8, 4) is 5.75 Å². The predicted molar refractivity (Wildman–Crippen MR) is 114 cm³/mol. The molecule has 0 bridgehead atoms. The molecule has 0 spiro atoms. The third-order valence-corrected chi connectivity index (χ3v) is 6.43. The normalized spacial score (nSPS) is 18.8. The molecule has 1 aliphatic heterocycles. The zero-order valence-electron chi connectivity index (χ0n) is 17.4. The number of hydrogen-bond acceptors (Lipinski definition) is 5. The Balaban J connectivity index is 1.39. The molecule has 1 atom stereocenters. The number of rotatable bonds is 8. The van der Waals surface area contributed by atoms with Crippen molar-refractivity contribution in [2.45, 2.75) is 57.5 Å². The van der Waals surface area contributed by atoms with Crippen LogP contribution in [0.4, 0.5) is 13.9 Å². The molecule has 2 heterocycles. The molecule has 31 heavy (non-hydrogen) atoms. The van der Waals surface area contributed by atoms with Gasteiger partial charge in [-0.05, 0) is 36.0 Å². The van der Waals surface area contributed by atoms with Crippen molar-refractivity contribution in [3.05, 3.63) is 40.4 Å². The lowest BCUT2D eigenvalue weighted by Crippen LogP contribution is -2.34. The van der Waals surface area contributed by atoms with Gasteiger partial charge in [0.1, 0.15) is 5.75 Å². The van der Waals surface area contributed by atoms with E-state index in [0.717, 1.165) is 24.1 Å². The number of halogens is 2. The Morgan fingerprint density at radius 1 is 1.32 bits per heavy atom. The van der Waals surface area contributed by atoms with Gasteiger partial charge < -0.3 is 15.0 Å². The number of benzene rings is 1. The van der Waals surface area contributed by atoms with Crippen LogP contribution >= 0.6 is 11.3 Å². The van der Waals surface area contributed by atoms with Gasteiger partial charge in [-0.1, -0.05) is 26.0 Å². The predicted octanol–water partition coefficient (Wildman–Crippen LogP) is 4.70. The molecule has 4 rings (SSSR count). The highest BCUT2D eigenvalue weighted by Gasteiger charge is 2.33. The van der Waals surface area contributed by atoms with Crippen molar-refractivity contribution in [1.82, 2.24) is 9.88 Å². The average molecular weight is 450 g/mol. The van der Waals surface area contributed by atoms with Crippen molar-refractivity contribution in [1.29, 1.82) is 0 Å². The molecule has 1 aromatic carbocycles. The Hall–Kier alpha value is -2.55. The van der Waals surface area contributed by atoms with E-state index in [1.54, 1.807) is 6.07 Å². The van der Waals surface area contributed by atoms with Gasteiger partial charge in [-0.3, -0.25) is 9.59 Å². The zero-order valence-corrected chi connectivity index (χ0v) is 18.3. The van der Waals surface area contributed by atoms with Gasteiger partial charge in [-0.25, -0.2) is 4.98 Å². The van der Waals surface area contributed by atoms with E-state index in [9.17, 15) is 18.4 Å². The molecule has 2 fully saturated rings. The molecule has 166 valence electrons. The molecular formula is C22H25F2N3O3S. The van der Waals surface area contributed by atoms with Crippen LogP contribution in [0.25, 0.3) is 0 Å². The maximum Gasteiger partial charge on any atom is 0.387 e. The Labute approximate surface area is 183 Å². The van der Waals surface area contributed by atoms with Crippen LogP contribution in [0, 0.1) is 0 Å². The molecule has 0 unspecified atom stereocenters. The number of hydrogen-bond donors (Lipinski definition) is 1. The van der Waals surface area contributed by atoms with E-state index in [-0.39, 0.29) is 42.4 Å². The second kappa shape index (κ2) is 8.90. The first-order valence-electron chi connectivity index (χ1n) is 10.4. The second-order valence-electron chi connectivity index (χ2n) is 8.41. The van der Waals surface area contributed by atoms with E-state index < -0.39 is 6.61 Å². The summed E-state index contributed by atoms with van der Waals surface area (Å²) < 4.78 is 30.0. The van der Waals surface area contributed by atoms with Gasteiger partial charge >= 0.3 is 6.61 Å². The third-order valence-electron chi connectivity index (χ3n) is 5.66. The summed E-state index contributed by atoms with van der Waals surface area (Å²) in [6.45, 7) is 1.30. The molecule has 1 aromatic heterocycles. The number of likely N-dealkylation sites (tertiary alicyclic amines) is 1. The smallest absolute Gasteiger partial charge is 0.387 e. The van der Waals surface area contributed by atoms with Crippen molar-refractivity contribution in [2.24, 2.45) is 0 Å².